The zero-order valence-corrected chi connectivity index (χ0v) is 39.7. The van der Waals surface area contributed by atoms with Crippen LogP contribution in [0.2, 0.25) is 0 Å². The Bertz CT molecular complexity index is 878. The maximum atomic E-state index is 12.4. The van der Waals surface area contributed by atoms with Crippen LogP contribution in [0.3, 0.4) is 0 Å². The highest BCUT2D eigenvalue weighted by Gasteiger charge is 2.20. The molecule has 0 bridgehead atoms. The van der Waals surface area contributed by atoms with Crippen LogP contribution in [-0.4, -0.2) is 47.4 Å². The Hall–Kier alpha value is -1.40. The summed E-state index contributed by atoms with van der Waals surface area (Å²) < 4.78 is 5.47. The first-order valence-electron chi connectivity index (χ1n) is 26.4. The van der Waals surface area contributed by atoms with Gasteiger partial charge in [-0.2, -0.15) is 0 Å². The summed E-state index contributed by atoms with van der Waals surface area (Å²) in [6.45, 7) is 4.92. The molecule has 3 N–H and O–H groups in total. The summed E-state index contributed by atoms with van der Waals surface area (Å²) in [5.74, 6) is -0.0625. The number of unbranched alkanes of at least 4 members (excludes halogenated alkanes) is 36. The SMILES string of the molecule is CCCCCCCCC/C=C\CCCCCCCCCC(=O)OCCCCCCCCCCCCCCC(=O)NC(CO)C(O)CCCCCCCCCCCCCC. The minimum atomic E-state index is -0.673. The largest absolute Gasteiger partial charge is 0.466 e. The molecular weight excluding hydrogens is 731 g/mol. The highest BCUT2D eigenvalue weighted by atomic mass is 16.5. The van der Waals surface area contributed by atoms with E-state index in [0.29, 0.717) is 25.9 Å². The van der Waals surface area contributed by atoms with Crippen molar-refractivity contribution in [1.29, 1.82) is 0 Å². The lowest BCUT2D eigenvalue weighted by Gasteiger charge is -2.22. The second-order valence-corrected chi connectivity index (χ2v) is 18.2. The van der Waals surface area contributed by atoms with Crippen molar-refractivity contribution < 1.29 is 24.5 Å². The molecule has 0 saturated carbocycles. The fraction of sp³-hybridized carbons (Fsp3) is 0.925. The molecule has 0 aliphatic carbocycles. The zero-order valence-electron chi connectivity index (χ0n) is 39.7. The first kappa shape index (κ1) is 57.6. The first-order chi connectivity index (χ1) is 29.0. The van der Waals surface area contributed by atoms with Gasteiger partial charge in [0.05, 0.1) is 25.4 Å². The van der Waals surface area contributed by atoms with Crippen LogP contribution in [0.15, 0.2) is 12.2 Å². The number of hydrogen-bond acceptors (Lipinski definition) is 5. The van der Waals surface area contributed by atoms with Gasteiger partial charge in [0.25, 0.3) is 0 Å². The molecular formula is C53H103NO5. The molecule has 0 aromatic heterocycles. The number of amides is 1. The van der Waals surface area contributed by atoms with Gasteiger partial charge < -0.3 is 20.3 Å². The molecule has 350 valence electrons. The van der Waals surface area contributed by atoms with Crippen molar-refractivity contribution >= 4 is 11.9 Å². The molecule has 0 aromatic rings. The lowest BCUT2D eigenvalue weighted by molar-refractivity contribution is -0.143. The first-order valence-corrected chi connectivity index (χ1v) is 26.4. The van der Waals surface area contributed by atoms with Gasteiger partial charge in [0.1, 0.15) is 0 Å². The molecule has 0 saturated heterocycles. The number of nitrogens with one attached hydrogen (secondary N) is 1. The number of hydrogen-bond donors (Lipinski definition) is 3. The van der Waals surface area contributed by atoms with Crippen LogP contribution in [0, 0.1) is 0 Å². The molecule has 0 aromatic carbocycles. The van der Waals surface area contributed by atoms with E-state index in [1.54, 1.807) is 0 Å². The van der Waals surface area contributed by atoms with E-state index in [9.17, 15) is 19.8 Å². The average molecular weight is 834 g/mol. The third-order valence-corrected chi connectivity index (χ3v) is 12.3. The Labute approximate surface area is 368 Å². The molecule has 0 rings (SSSR count). The number of ether oxygens (including phenoxy) is 1. The van der Waals surface area contributed by atoms with Crippen LogP contribution < -0.4 is 5.32 Å². The summed E-state index contributed by atoms with van der Waals surface area (Å²) in [4.78, 5) is 24.5. The van der Waals surface area contributed by atoms with Crippen molar-refractivity contribution in [1.82, 2.24) is 5.32 Å². The third-order valence-electron chi connectivity index (χ3n) is 12.3. The molecule has 6 heteroatoms. The van der Waals surface area contributed by atoms with Crippen molar-refractivity contribution in [3.8, 4) is 0 Å². The topological polar surface area (TPSA) is 95.9 Å². The molecule has 1 amide bonds. The second-order valence-electron chi connectivity index (χ2n) is 18.2. The van der Waals surface area contributed by atoms with Crippen molar-refractivity contribution in [2.24, 2.45) is 0 Å². The maximum absolute atomic E-state index is 12.4. The number of esters is 1. The van der Waals surface area contributed by atoms with Gasteiger partial charge in [-0.1, -0.05) is 238 Å². The lowest BCUT2D eigenvalue weighted by Crippen LogP contribution is -2.45. The van der Waals surface area contributed by atoms with Crippen LogP contribution in [0.5, 0.6) is 0 Å². The van der Waals surface area contributed by atoms with E-state index in [1.807, 2.05) is 0 Å². The maximum Gasteiger partial charge on any atom is 0.305 e. The standard InChI is InChI=1S/C53H103NO5/c1-3-5-7-9-11-13-15-17-18-19-20-21-22-27-31-35-39-43-47-53(58)59-48-44-40-36-32-28-24-23-26-30-34-38-42-46-52(57)54-50(49-55)51(56)45-41-37-33-29-25-16-14-12-10-8-6-4-2/h18-19,50-51,55-56H,3-17,20-49H2,1-2H3,(H,54,57)/b19-18-. The molecule has 6 nitrogen and oxygen atoms in total. The number of aliphatic hydroxyl groups excluding tert-OH is 2. The van der Waals surface area contributed by atoms with Gasteiger partial charge in [0.2, 0.25) is 5.91 Å². The van der Waals surface area contributed by atoms with Crippen LogP contribution in [-0.2, 0) is 14.3 Å². The van der Waals surface area contributed by atoms with Crippen molar-refractivity contribution in [2.45, 2.75) is 302 Å². The van der Waals surface area contributed by atoms with E-state index in [2.05, 4.69) is 31.3 Å². The molecule has 2 atom stereocenters. The van der Waals surface area contributed by atoms with Gasteiger partial charge in [0.15, 0.2) is 0 Å². The highest BCUT2D eigenvalue weighted by Crippen LogP contribution is 2.16. The van der Waals surface area contributed by atoms with Crippen LogP contribution >= 0.6 is 0 Å². The van der Waals surface area contributed by atoms with E-state index in [-0.39, 0.29) is 18.5 Å². The van der Waals surface area contributed by atoms with E-state index < -0.39 is 12.1 Å². The normalized spacial score (nSPS) is 12.7. The Morgan fingerprint density at radius 2 is 0.797 bits per heavy atom. The molecule has 0 aliphatic heterocycles. The van der Waals surface area contributed by atoms with Crippen molar-refractivity contribution in [2.75, 3.05) is 13.2 Å². The van der Waals surface area contributed by atoms with E-state index in [4.69, 9.17) is 4.74 Å². The zero-order chi connectivity index (χ0) is 43.0. The van der Waals surface area contributed by atoms with Crippen LogP contribution in [0.4, 0.5) is 0 Å². The van der Waals surface area contributed by atoms with Gasteiger partial charge in [-0.05, 0) is 51.4 Å². The molecule has 2 unspecified atom stereocenters. The Kier molecular flexibility index (Phi) is 48.1. The summed E-state index contributed by atoms with van der Waals surface area (Å²) in [7, 11) is 0. The summed E-state index contributed by atoms with van der Waals surface area (Å²) in [5.41, 5.74) is 0. The van der Waals surface area contributed by atoms with Gasteiger partial charge in [0, 0.05) is 12.8 Å². The Balaban J connectivity index is 3.43. The van der Waals surface area contributed by atoms with Gasteiger partial charge >= 0.3 is 5.97 Å². The summed E-state index contributed by atoms with van der Waals surface area (Å²) in [5, 5.41) is 23.2. The Morgan fingerprint density at radius 1 is 0.458 bits per heavy atom. The van der Waals surface area contributed by atoms with Crippen LogP contribution in [0.1, 0.15) is 290 Å². The fourth-order valence-corrected chi connectivity index (χ4v) is 8.22. The summed E-state index contributed by atoms with van der Waals surface area (Å²) >= 11 is 0. The second kappa shape index (κ2) is 49.3. The summed E-state index contributed by atoms with van der Waals surface area (Å²) in [6.07, 6.45) is 56.1. The Morgan fingerprint density at radius 3 is 1.20 bits per heavy atom. The predicted molar refractivity (Wildman–Crippen MR) is 255 cm³/mol. The molecule has 0 spiro atoms. The fourth-order valence-electron chi connectivity index (χ4n) is 8.22. The smallest absolute Gasteiger partial charge is 0.305 e. The number of carbonyl (C=O) groups is 2. The third kappa shape index (κ3) is 45.9. The number of carbonyl (C=O) groups excluding carboxylic acids is 2. The molecule has 59 heavy (non-hydrogen) atoms. The highest BCUT2D eigenvalue weighted by molar-refractivity contribution is 5.76. The van der Waals surface area contributed by atoms with Gasteiger partial charge in [-0.3, -0.25) is 9.59 Å². The summed E-state index contributed by atoms with van der Waals surface area (Å²) in [6, 6.07) is -0.551. The van der Waals surface area contributed by atoms with E-state index in [0.717, 1.165) is 57.8 Å². The van der Waals surface area contributed by atoms with Gasteiger partial charge in [-0.15, -0.1) is 0 Å². The minimum absolute atomic E-state index is 0.0119. The molecule has 0 aliphatic rings. The predicted octanol–water partition coefficient (Wildman–Crippen LogP) is 15.7. The lowest BCUT2D eigenvalue weighted by atomic mass is 10.0. The molecule has 0 radical (unpaired) electrons. The molecule has 0 heterocycles. The number of allylic oxidation sites excluding steroid dienone is 2. The number of aliphatic hydroxyl groups is 2. The minimum Gasteiger partial charge on any atom is -0.466 e. The monoisotopic (exact) mass is 834 g/mol. The quantitative estimate of drug-likeness (QED) is 0.0322. The van der Waals surface area contributed by atoms with E-state index >= 15 is 0 Å². The van der Waals surface area contributed by atoms with E-state index in [1.165, 1.54) is 199 Å². The van der Waals surface area contributed by atoms with Crippen LogP contribution in [0.25, 0.3) is 0 Å². The average Bonchev–Trinajstić information content (AvgIpc) is 3.24. The molecule has 0 fully saturated rings. The van der Waals surface area contributed by atoms with Crippen molar-refractivity contribution in [3.63, 3.8) is 0 Å². The number of rotatable bonds is 49. The van der Waals surface area contributed by atoms with Gasteiger partial charge in [-0.25, -0.2) is 0 Å². The van der Waals surface area contributed by atoms with Crippen molar-refractivity contribution in [3.05, 3.63) is 12.2 Å².